The van der Waals surface area contributed by atoms with Gasteiger partial charge in [-0.15, -0.1) is 0 Å². The summed E-state index contributed by atoms with van der Waals surface area (Å²) in [5.41, 5.74) is 0.534. The summed E-state index contributed by atoms with van der Waals surface area (Å²) in [4.78, 5) is 24.9. The minimum atomic E-state index is -0.635. The predicted molar refractivity (Wildman–Crippen MR) is 70.2 cm³/mol. The van der Waals surface area contributed by atoms with Gasteiger partial charge in [0, 0.05) is 13.0 Å². The van der Waals surface area contributed by atoms with E-state index in [0.717, 1.165) is 0 Å². The van der Waals surface area contributed by atoms with Crippen molar-refractivity contribution in [2.45, 2.75) is 19.3 Å². The molecule has 0 spiro atoms. The normalized spacial score (nSPS) is 13.6. The number of halogens is 2. The summed E-state index contributed by atoms with van der Waals surface area (Å²) < 4.78 is 13.7. The summed E-state index contributed by atoms with van der Waals surface area (Å²) in [6.45, 7) is 0.320. The van der Waals surface area contributed by atoms with E-state index in [2.05, 4.69) is 15.9 Å². The van der Waals surface area contributed by atoms with E-state index in [9.17, 15) is 14.0 Å². The first-order valence-electron chi connectivity index (χ1n) is 5.78. The van der Waals surface area contributed by atoms with Crippen LogP contribution in [0.5, 0.6) is 0 Å². The molecule has 0 saturated carbocycles. The van der Waals surface area contributed by atoms with Crippen molar-refractivity contribution in [3.63, 3.8) is 0 Å². The van der Waals surface area contributed by atoms with E-state index in [1.54, 1.807) is 0 Å². The van der Waals surface area contributed by atoms with Crippen molar-refractivity contribution in [1.29, 1.82) is 5.26 Å². The van der Waals surface area contributed by atoms with Crippen LogP contribution in [0, 0.1) is 17.1 Å². The van der Waals surface area contributed by atoms with Gasteiger partial charge >= 0.3 is 0 Å². The molecule has 0 N–H and O–H groups in total. The minimum Gasteiger partial charge on any atom is -0.305 e. The molecule has 0 atom stereocenters. The number of hydrogen-bond acceptors (Lipinski definition) is 3. The van der Waals surface area contributed by atoms with Crippen LogP contribution in [0.3, 0.4) is 0 Å². The Bertz CT molecular complexity index is 595. The van der Waals surface area contributed by atoms with Crippen molar-refractivity contribution in [2.75, 3.05) is 11.4 Å². The Morgan fingerprint density at radius 2 is 2.05 bits per heavy atom. The molecular formula is C13H10BrFN2O2. The molecule has 1 heterocycles. The third-order valence-electron chi connectivity index (χ3n) is 2.93. The fourth-order valence-electron chi connectivity index (χ4n) is 1.98. The highest BCUT2D eigenvalue weighted by molar-refractivity contribution is 9.10. The van der Waals surface area contributed by atoms with E-state index in [4.69, 9.17) is 5.26 Å². The molecule has 19 heavy (non-hydrogen) atoms. The van der Waals surface area contributed by atoms with E-state index in [1.807, 2.05) is 6.07 Å². The van der Waals surface area contributed by atoms with Gasteiger partial charge in [-0.2, -0.15) is 5.26 Å². The van der Waals surface area contributed by atoms with Crippen LogP contribution >= 0.6 is 15.9 Å². The number of benzene rings is 1. The molecule has 1 aromatic rings. The first-order chi connectivity index (χ1) is 9.06. The minimum absolute atomic E-state index is 0.165. The van der Waals surface area contributed by atoms with Gasteiger partial charge in [-0.3, -0.25) is 9.59 Å². The standard InChI is InChI=1S/C13H10BrFN2O2/c14-9-6-8-11(7-10(9)15)17(13(19)12(8)18)5-3-1-2-4-16/h6-7H,1-3,5H2. The Morgan fingerprint density at radius 3 is 2.74 bits per heavy atom. The van der Waals surface area contributed by atoms with Gasteiger partial charge in [0.15, 0.2) is 0 Å². The molecule has 6 heteroatoms. The quantitative estimate of drug-likeness (QED) is 0.632. The van der Waals surface area contributed by atoms with Crippen molar-refractivity contribution in [3.8, 4) is 6.07 Å². The molecule has 0 unspecified atom stereocenters. The number of nitriles is 1. The predicted octanol–water partition coefficient (Wildman–Crippen LogP) is 2.81. The molecule has 0 aromatic heterocycles. The molecule has 1 aliphatic heterocycles. The lowest BCUT2D eigenvalue weighted by atomic mass is 10.1. The summed E-state index contributed by atoms with van der Waals surface area (Å²) in [7, 11) is 0. The molecule has 0 aliphatic carbocycles. The molecule has 1 aromatic carbocycles. The molecule has 1 amide bonds. The number of carbonyl (C=O) groups is 2. The smallest absolute Gasteiger partial charge is 0.299 e. The van der Waals surface area contributed by atoms with Crippen molar-refractivity contribution in [3.05, 3.63) is 28.0 Å². The SMILES string of the molecule is N#CCCCCN1C(=O)C(=O)c2cc(Br)c(F)cc21. The third kappa shape index (κ3) is 2.51. The van der Waals surface area contributed by atoms with Gasteiger partial charge in [0.05, 0.1) is 21.8 Å². The number of carbonyl (C=O) groups excluding carboxylic acids is 2. The highest BCUT2D eigenvalue weighted by Crippen LogP contribution is 2.33. The fraction of sp³-hybridized carbons (Fsp3) is 0.308. The second kappa shape index (κ2) is 5.49. The maximum atomic E-state index is 13.5. The number of nitrogens with zero attached hydrogens (tertiary/aromatic N) is 2. The highest BCUT2D eigenvalue weighted by atomic mass is 79.9. The van der Waals surface area contributed by atoms with Gasteiger partial charge in [0.25, 0.3) is 11.7 Å². The topological polar surface area (TPSA) is 61.2 Å². The number of anilines is 1. The van der Waals surface area contributed by atoms with Crippen LogP contribution in [0.25, 0.3) is 0 Å². The lowest BCUT2D eigenvalue weighted by molar-refractivity contribution is -0.114. The van der Waals surface area contributed by atoms with Gasteiger partial charge in [-0.1, -0.05) is 0 Å². The van der Waals surface area contributed by atoms with Crippen molar-refractivity contribution < 1.29 is 14.0 Å². The Hall–Kier alpha value is -1.74. The molecule has 0 radical (unpaired) electrons. The molecule has 98 valence electrons. The molecular weight excluding hydrogens is 315 g/mol. The summed E-state index contributed by atoms with van der Waals surface area (Å²) in [5, 5.41) is 8.44. The largest absolute Gasteiger partial charge is 0.305 e. The molecule has 0 fully saturated rings. The average Bonchev–Trinajstić information content (AvgIpc) is 2.60. The van der Waals surface area contributed by atoms with Gasteiger partial charge in [-0.25, -0.2) is 4.39 Å². The van der Waals surface area contributed by atoms with Crippen LogP contribution in [0.2, 0.25) is 0 Å². The monoisotopic (exact) mass is 324 g/mol. The molecule has 0 saturated heterocycles. The number of ketones is 1. The first kappa shape index (κ1) is 13.7. The third-order valence-corrected chi connectivity index (χ3v) is 3.54. The van der Waals surface area contributed by atoms with E-state index >= 15 is 0 Å². The number of rotatable bonds is 4. The van der Waals surface area contributed by atoms with Gasteiger partial charge in [0.2, 0.25) is 0 Å². The van der Waals surface area contributed by atoms with Crippen molar-refractivity contribution in [2.24, 2.45) is 0 Å². The average molecular weight is 325 g/mol. The van der Waals surface area contributed by atoms with Crippen molar-refractivity contribution in [1.82, 2.24) is 0 Å². The number of Topliss-reactive ketones (excluding diaryl/α,β-unsaturated/α-hetero) is 1. The zero-order valence-electron chi connectivity index (χ0n) is 9.95. The summed E-state index contributed by atoms with van der Waals surface area (Å²) in [5.74, 6) is -1.76. The van der Waals surface area contributed by atoms with Crippen LogP contribution in [-0.4, -0.2) is 18.2 Å². The Kier molecular flexibility index (Phi) is 3.96. The van der Waals surface area contributed by atoms with Crippen molar-refractivity contribution >= 4 is 33.3 Å². The van der Waals surface area contributed by atoms with E-state index in [1.165, 1.54) is 17.0 Å². The summed E-state index contributed by atoms with van der Waals surface area (Å²) in [6, 6.07) is 4.53. The first-order valence-corrected chi connectivity index (χ1v) is 6.57. The van der Waals surface area contributed by atoms with E-state index < -0.39 is 17.5 Å². The van der Waals surface area contributed by atoms with E-state index in [-0.39, 0.29) is 10.0 Å². The van der Waals surface area contributed by atoms with Gasteiger partial charge in [0.1, 0.15) is 5.82 Å². The highest BCUT2D eigenvalue weighted by Gasteiger charge is 2.36. The maximum Gasteiger partial charge on any atom is 0.299 e. The molecule has 4 nitrogen and oxygen atoms in total. The second-order valence-electron chi connectivity index (χ2n) is 4.18. The van der Waals surface area contributed by atoms with Crippen LogP contribution in [0.1, 0.15) is 29.6 Å². The van der Waals surface area contributed by atoms with Crippen LogP contribution in [0.15, 0.2) is 16.6 Å². The lowest BCUT2D eigenvalue weighted by Gasteiger charge is -2.16. The van der Waals surface area contributed by atoms with Gasteiger partial charge in [-0.05, 0) is 40.9 Å². The maximum absolute atomic E-state index is 13.5. The fourth-order valence-corrected chi connectivity index (χ4v) is 2.33. The molecule has 1 aliphatic rings. The van der Waals surface area contributed by atoms with Crippen LogP contribution in [-0.2, 0) is 4.79 Å². The zero-order chi connectivity index (χ0) is 14.0. The number of fused-ring (bicyclic) bond motifs is 1. The van der Waals surface area contributed by atoms with Crippen LogP contribution in [0.4, 0.5) is 10.1 Å². The number of unbranched alkanes of at least 4 members (excludes halogenated alkanes) is 2. The molecule has 2 rings (SSSR count). The van der Waals surface area contributed by atoms with Gasteiger partial charge < -0.3 is 4.90 Å². The Labute approximate surface area is 117 Å². The number of amides is 1. The summed E-state index contributed by atoms with van der Waals surface area (Å²) in [6.07, 6.45) is 1.64. The molecule has 0 bridgehead atoms. The zero-order valence-corrected chi connectivity index (χ0v) is 11.5. The van der Waals surface area contributed by atoms with E-state index in [0.29, 0.717) is 31.5 Å². The lowest BCUT2D eigenvalue weighted by Crippen LogP contribution is -2.30. The number of hydrogen-bond donors (Lipinski definition) is 0. The van der Waals surface area contributed by atoms with Crippen LogP contribution < -0.4 is 4.90 Å². The second-order valence-corrected chi connectivity index (χ2v) is 5.04. The Morgan fingerprint density at radius 1 is 1.32 bits per heavy atom. The Balaban J connectivity index is 2.24. The summed E-state index contributed by atoms with van der Waals surface area (Å²) >= 11 is 3.00.